The molecule has 1 rings (SSSR count). The van der Waals surface area contributed by atoms with E-state index in [1.54, 1.807) is 6.07 Å². The number of nitrogens with one attached hydrogen (secondary N) is 1. The highest BCUT2D eigenvalue weighted by Gasteiger charge is 2.18. The molecule has 1 unspecified atom stereocenters. The SMILES string of the molecule is CC(C)CC(NCc1ccc(F)c(Cl)c1)C(=O)O. The van der Waals surface area contributed by atoms with Gasteiger partial charge in [-0.25, -0.2) is 4.39 Å². The molecule has 1 aromatic carbocycles. The standard InChI is InChI=1S/C13H17ClFNO2/c1-8(2)5-12(13(17)18)16-7-9-3-4-11(15)10(14)6-9/h3-4,6,8,12,16H,5,7H2,1-2H3,(H,17,18). The molecule has 0 amide bonds. The van der Waals surface area contributed by atoms with E-state index in [1.807, 2.05) is 13.8 Å². The molecular weight excluding hydrogens is 257 g/mol. The zero-order chi connectivity index (χ0) is 13.7. The van der Waals surface area contributed by atoms with Gasteiger partial charge in [0.05, 0.1) is 5.02 Å². The van der Waals surface area contributed by atoms with Crippen molar-refractivity contribution in [2.24, 2.45) is 5.92 Å². The second-order valence-corrected chi connectivity index (χ2v) is 5.06. The van der Waals surface area contributed by atoms with E-state index >= 15 is 0 Å². The predicted octanol–water partition coefficient (Wildman–Crippen LogP) is 3.07. The van der Waals surface area contributed by atoms with Crippen LogP contribution in [0.15, 0.2) is 18.2 Å². The van der Waals surface area contributed by atoms with E-state index in [4.69, 9.17) is 16.7 Å². The summed E-state index contributed by atoms with van der Waals surface area (Å²) in [5, 5.41) is 12.0. The van der Waals surface area contributed by atoms with Gasteiger partial charge in [-0.3, -0.25) is 4.79 Å². The Labute approximate surface area is 111 Å². The molecule has 0 spiro atoms. The van der Waals surface area contributed by atoms with Crippen LogP contribution in [0.3, 0.4) is 0 Å². The van der Waals surface area contributed by atoms with Crippen LogP contribution >= 0.6 is 11.6 Å². The number of carboxylic acids is 1. The molecule has 2 N–H and O–H groups in total. The van der Waals surface area contributed by atoms with Crippen molar-refractivity contribution in [1.29, 1.82) is 0 Å². The summed E-state index contributed by atoms with van der Waals surface area (Å²) in [6.45, 7) is 4.28. The molecule has 3 nitrogen and oxygen atoms in total. The Hall–Kier alpha value is -1.13. The molecule has 1 atom stereocenters. The van der Waals surface area contributed by atoms with Crippen LogP contribution in [0.25, 0.3) is 0 Å². The molecule has 0 heterocycles. The van der Waals surface area contributed by atoms with Gasteiger partial charge in [0.25, 0.3) is 0 Å². The van der Waals surface area contributed by atoms with Crippen molar-refractivity contribution >= 4 is 17.6 Å². The normalized spacial score (nSPS) is 12.7. The minimum absolute atomic E-state index is 0.0463. The molecule has 100 valence electrons. The number of hydrogen-bond acceptors (Lipinski definition) is 2. The Morgan fingerprint density at radius 1 is 1.50 bits per heavy atom. The van der Waals surface area contributed by atoms with Crippen molar-refractivity contribution < 1.29 is 14.3 Å². The fraction of sp³-hybridized carbons (Fsp3) is 0.462. The van der Waals surface area contributed by atoms with Crippen molar-refractivity contribution in [3.05, 3.63) is 34.6 Å². The fourth-order valence-corrected chi connectivity index (χ4v) is 1.84. The number of benzene rings is 1. The van der Waals surface area contributed by atoms with E-state index in [0.29, 0.717) is 13.0 Å². The Morgan fingerprint density at radius 3 is 2.67 bits per heavy atom. The van der Waals surface area contributed by atoms with Crippen LogP contribution in [0.1, 0.15) is 25.8 Å². The average Bonchev–Trinajstić information content (AvgIpc) is 2.28. The van der Waals surface area contributed by atoms with Crippen molar-refractivity contribution in [3.8, 4) is 0 Å². The molecule has 1 aromatic rings. The summed E-state index contributed by atoms with van der Waals surface area (Å²) >= 11 is 5.66. The van der Waals surface area contributed by atoms with E-state index < -0.39 is 17.8 Å². The smallest absolute Gasteiger partial charge is 0.320 e. The van der Waals surface area contributed by atoms with Crippen molar-refractivity contribution in [3.63, 3.8) is 0 Å². The number of halogens is 2. The van der Waals surface area contributed by atoms with Crippen LogP contribution in [0.4, 0.5) is 4.39 Å². The van der Waals surface area contributed by atoms with Gasteiger partial charge in [0, 0.05) is 6.54 Å². The summed E-state index contributed by atoms with van der Waals surface area (Å²) in [6, 6.07) is 3.76. The predicted molar refractivity (Wildman–Crippen MR) is 69.1 cm³/mol. The largest absolute Gasteiger partial charge is 0.480 e. The maximum atomic E-state index is 13.0. The Balaban J connectivity index is 2.61. The second-order valence-electron chi connectivity index (χ2n) is 4.65. The van der Waals surface area contributed by atoms with Crippen LogP contribution in [0, 0.1) is 11.7 Å². The molecule has 0 fully saturated rings. The van der Waals surface area contributed by atoms with Gasteiger partial charge in [-0.15, -0.1) is 0 Å². The molecule has 0 bridgehead atoms. The number of rotatable bonds is 6. The summed E-state index contributed by atoms with van der Waals surface area (Å²) in [5.74, 6) is -1.07. The van der Waals surface area contributed by atoms with E-state index in [9.17, 15) is 9.18 Å². The molecule has 0 aromatic heterocycles. The summed E-state index contributed by atoms with van der Waals surface area (Å²) < 4.78 is 13.0. The average molecular weight is 274 g/mol. The first-order valence-corrected chi connectivity index (χ1v) is 6.18. The lowest BCUT2D eigenvalue weighted by atomic mass is 10.0. The number of hydrogen-bond donors (Lipinski definition) is 2. The zero-order valence-electron chi connectivity index (χ0n) is 10.4. The van der Waals surface area contributed by atoms with E-state index in [2.05, 4.69) is 5.32 Å². The lowest BCUT2D eigenvalue weighted by Crippen LogP contribution is -2.37. The van der Waals surface area contributed by atoms with Crippen LogP contribution < -0.4 is 5.32 Å². The van der Waals surface area contributed by atoms with Crippen molar-refractivity contribution in [2.75, 3.05) is 0 Å². The van der Waals surface area contributed by atoms with E-state index in [0.717, 1.165) is 5.56 Å². The Bertz CT molecular complexity index is 423. The molecule has 0 saturated carbocycles. The van der Waals surface area contributed by atoms with Crippen LogP contribution in [0.5, 0.6) is 0 Å². The molecule has 18 heavy (non-hydrogen) atoms. The first kappa shape index (κ1) is 14.9. The molecule has 0 radical (unpaired) electrons. The van der Waals surface area contributed by atoms with Gasteiger partial charge in [-0.2, -0.15) is 0 Å². The third-order valence-corrected chi connectivity index (χ3v) is 2.83. The highest BCUT2D eigenvalue weighted by Crippen LogP contribution is 2.16. The Kier molecular flexibility index (Phi) is 5.56. The van der Waals surface area contributed by atoms with E-state index in [1.165, 1.54) is 12.1 Å². The first-order valence-electron chi connectivity index (χ1n) is 5.80. The van der Waals surface area contributed by atoms with Gasteiger partial charge in [-0.05, 0) is 30.0 Å². The second kappa shape index (κ2) is 6.71. The van der Waals surface area contributed by atoms with Crippen LogP contribution in [0.2, 0.25) is 5.02 Å². The topological polar surface area (TPSA) is 49.3 Å². The fourth-order valence-electron chi connectivity index (χ4n) is 1.63. The zero-order valence-corrected chi connectivity index (χ0v) is 11.2. The first-order chi connectivity index (χ1) is 8.40. The van der Waals surface area contributed by atoms with Crippen LogP contribution in [-0.4, -0.2) is 17.1 Å². The summed E-state index contributed by atoms with van der Waals surface area (Å²) in [5.41, 5.74) is 0.761. The molecule has 0 aliphatic heterocycles. The van der Waals surface area contributed by atoms with Gasteiger partial charge in [0.15, 0.2) is 0 Å². The van der Waals surface area contributed by atoms with E-state index in [-0.39, 0.29) is 10.9 Å². The summed E-state index contributed by atoms with van der Waals surface area (Å²) in [4.78, 5) is 11.0. The minimum atomic E-state index is -0.878. The number of carbonyl (C=O) groups is 1. The van der Waals surface area contributed by atoms with Gasteiger partial charge in [0.2, 0.25) is 0 Å². The molecule has 0 aliphatic rings. The summed E-state index contributed by atoms with van der Waals surface area (Å²) in [6.07, 6.45) is 0.546. The van der Waals surface area contributed by atoms with Crippen LogP contribution in [-0.2, 0) is 11.3 Å². The molecule has 0 saturated heterocycles. The maximum Gasteiger partial charge on any atom is 0.320 e. The summed E-state index contributed by atoms with van der Waals surface area (Å²) in [7, 11) is 0. The van der Waals surface area contributed by atoms with Crippen molar-refractivity contribution in [2.45, 2.75) is 32.9 Å². The lowest BCUT2D eigenvalue weighted by molar-refractivity contribution is -0.140. The highest BCUT2D eigenvalue weighted by molar-refractivity contribution is 6.30. The lowest BCUT2D eigenvalue weighted by Gasteiger charge is -2.16. The molecule has 5 heteroatoms. The number of carboxylic acid groups (broad SMARTS) is 1. The minimum Gasteiger partial charge on any atom is -0.480 e. The quantitative estimate of drug-likeness (QED) is 0.837. The van der Waals surface area contributed by atoms with Gasteiger partial charge < -0.3 is 10.4 Å². The van der Waals surface area contributed by atoms with Gasteiger partial charge in [0.1, 0.15) is 11.9 Å². The third kappa shape index (κ3) is 4.63. The van der Waals surface area contributed by atoms with Gasteiger partial charge in [-0.1, -0.05) is 31.5 Å². The Morgan fingerprint density at radius 2 is 2.17 bits per heavy atom. The highest BCUT2D eigenvalue weighted by atomic mass is 35.5. The molecular formula is C13H17ClFNO2. The third-order valence-electron chi connectivity index (χ3n) is 2.54. The van der Waals surface area contributed by atoms with Gasteiger partial charge >= 0.3 is 5.97 Å². The maximum absolute atomic E-state index is 13.0. The molecule has 0 aliphatic carbocycles. The van der Waals surface area contributed by atoms with Crippen molar-refractivity contribution in [1.82, 2.24) is 5.32 Å². The number of aliphatic carboxylic acids is 1. The monoisotopic (exact) mass is 273 g/mol.